The molecule has 0 spiro atoms. The van der Waals surface area contributed by atoms with E-state index in [4.69, 9.17) is 32.4 Å². The predicted molar refractivity (Wildman–Crippen MR) is 103 cm³/mol. The number of aryl methyl sites for hydroxylation is 1. The van der Waals surface area contributed by atoms with E-state index in [2.05, 4.69) is 0 Å². The molecule has 0 aliphatic carbocycles. The van der Waals surface area contributed by atoms with Crippen LogP contribution in [0.5, 0.6) is 5.75 Å². The Morgan fingerprint density at radius 1 is 1.30 bits per heavy atom. The van der Waals surface area contributed by atoms with Crippen LogP contribution in [0.15, 0.2) is 28.7 Å². The second-order valence-corrected chi connectivity index (χ2v) is 9.52. The number of carbonyl (C=O) groups excluding carboxylic acids is 1. The van der Waals surface area contributed by atoms with Crippen molar-refractivity contribution in [2.24, 2.45) is 0 Å². The van der Waals surface area contributed by atoms with E-state index < -0.39 is 15.9 Å². The number of halogens is 2. The van der Waals surface area contributed by atoms with Crippen LogP contribution >= 0.6 is 23.2 Å². The molecule has 0 saturated carbocycles. The average molecular weight is 432 g/mol. The number of rotatable bonds is 5. The van der Waals surface area contributed by atoms with Gasteiger partial charge in [-0.1, -0.05) is 23.2 Å². The van der Waals surface area contributed by atoms with Crippen molar-refractivity contribution < 1.29 is 22.4 Å². The summed E-state index contributed by atoms with van der Waals surface area (Å²) in [6.07, 6.45) is 0.380. The summed E-state index contributed by atoms with van der Waals surface area (Å²) in [6.45, 7) is 1.97. The van der Waals surface area contributed by atoms with Gasteiger partial charge in [-0.05, 0) is 37.6 Å². The maximum Gasteiger partial charge on any atom is 0.254 e. The Labute approximate surface area is 167 Å². The van der Waals surface area contributed by atoms with Crippen LogP contribution < -0.4 is 4.74 Å². The van der Waals surface area contributed by atoms with E-state index in [1.54, 1.807) is 19.1 Å². The van der Waals surface area contributed by atoms with Gasteiger partial charge in [0.25, 0.3) is 5.91 Å². The van der Waals surface area contributed by atoms with Crippen LogP contribution in [0.2, 0.25) is 10.0 Å². The smallest absolute Gasteiger partial charge is 0.254 e. The van der Waals surface area contributed by atoms with Crippen LogP contribution in [0.1, 0.15) is 28.3 Å². The fourth-order valence-corrected chi connectivity index (χ4v) is 5.54. The molecule has 1 atom stereocenters. The molecule has 2 aromatic rings. The second-order valence-electron chi connectivity index (χ2n) is 6.48. The van der Waals surface area contributed by atoms with Gasteiger partial charge in [0.1, 0.15) is 11.5 Å². The minimum Gasteiger partial charge on any atom is -0.494 e. The third-order valence-corrected chi connectivity index (χ3v) is 6.79. The van der Waals surface area contributed by atoms with Crippen LogP contribution in [-0.2, 0) is 16.4 Å². The van der Waals surface area contributed by atoms with Crippen molar-refractivity contribution in [2.45, 2.75) is 25.9 Å². The van der Waals surface area contributed by atoms with E-state index in [0.29, 0.717) is 17.9 Å². The van der Waals surface area contributed by atoms with Gasteiger partial charge in [-0.15, -0.1) is 0 Å². The van der Waals surface area contributed by atoms with Gasteiger partial charge < -0.3 is 14.1 Å². The van der Waals surface area contributed by atoms with E-state index in [-0.39, 0.29) is 45.3 Å². The molecule has 27 heavy (non-hydrogen) atoms. The van der Waals surface area contributed by atoms with Crippen molar-refractivity contribution in [3.8, 4) is 5.75 Å². The molecule has 6 nitrogen and oxygen atoms in total. The first kappa shape index (κ1) is 20.0. The average Bonchev–Trinajstić information content (AvgIpc) is 3.16. The summed E-state index contributed by atoms with van der Waals surface area (Å²) in [7, 11) is -1.73. The molecule has 1 aromatic heterocycles. The number of furan rings is 1. The molecule has 1 saturated heterocycles. The lowest BCUT2D eigenvalue weighted by Crippen LogP contribution is -2.40. The number of nitrogens with zero attached hydrogens (tertiary/aromatic N) is 1. The van der Waals surface area contributed by atoms with Gasteiger partial charge >= 0.3 is 0 Å². The van der Waals surface area contributed by atoms with E-state index >= 15 is 0 Å². The van der Waals surface area contributed by atoms with Gasteiger partial charge in [-0.2, -0.15) is 0 Å². The third-order valence-electron chi connectivity index (χ3n) is 4.48. The Bertz CT molecular complexity index is 947. The van der Waals surface area contributed by atoms with Crippen LogP contribution in [0, 0.1) is 6.92 Å². The molecule has 146 valence electrons. The van der Waals surface area contributed by atoms with Crippen molar-refractivity contribution in [2.75, 3.05) is 18.6 Å². The molecule has 0 radical (unpaired) electrons. The SMILES string of the molecule is COc1c(Cl)cc(C(=O)N(Cc2ccc(C)o2)[C@H]2CCS(=O)(=O)C2)cc1Cl. The minimum atomic E-state index is -3.17. The van der Waals surface area contributed by atoms with Gasteiger partial charge in [0, 0.05) is 11.6 Å². The van der Waals surface area contributed by atoms with E-state index in [9.17, 15) is 13.2 Å². The Kier molecular flexibility index (Phi) is 5.74. The second kappa shape index (κ2) is 7.73. The maximum atomic E-state index is 13.2. The highest BCUT2D eigenvalue weighted by molar-refractivity contribution is 7.91. The monoisotopic (exact) mass is 431 g/mol. The van der Waals surface area contributed by atoms with Gasteiger partial charge in [0.2, 0.25) is 0 Å². The Hall–Kier alpha value is -1.70. The highest BCUT2D eigenvalue weighted by Gasteiger charge is 2.35. The third kappa shape index (κ3) is 4.42. The fraction of sp³-hybridized carbons (Fsp3) is 0.389. The Morgan fingerprint density at radius 3 is 2.44 bits per heavy atom. The van der Waals surface area contributed by atoms with Gasteiger partial charge in [0.15, 0.2) is 15.6 Å². The molecule has 0 N–H and O–H groups in total. The number of benzene rings is 1. The molecular formula is C18H19Cl2NO5S. The summed E-state index contributed by atoms with van der Waals surface area (Å²) in [5, 5.41) is 0.419. The van der Waals surface area contributed by atoms with Crippen molar-refractivity contribution in [1.29, 1.82) is 0 Å². The van der Waals surface area contributed by atoms with Crippen LogP contribution in [-0.4, -0.2) is 43.9 Å². The first-order valence-electron chi connectivity index (χ1n) is 8.30. The van der Waals surface area contributed by atoms with Crippen molar-refractivity contribution in [3.05, 3.63) is 51.4 Å². The lowest BCUT2D eigenvalue weighted by atomic mass is 10.1. The molecule has 9 heteroatoms. The number of ether oxygens (including phenoxy) is 1. The van der Waals surface area contributed by atoms with Crippen molar-refractivity contribution in [3.63, 3.8) is 0 Å². The van der Waals surface area contributed by atoms with Crippen LogP contribution in [0.3, 0.4) is 0 Å². The first-order valence-corrected chi connectivity index (χ1v) is 10.9. The van der Waals surface area contributed by atoms with E-state index in [1.807, 2.05) is 0 Å². The van der Waals surface area contributed by atoms with E-state index in [0.717, 1.165) is 0 Å². The zero-order valence-electron chi connectivity index (χ0n) is 14.9. The highest BCUT2D eigenvalue weighted by atomic mass is 35.5. The summed E-state index contributed by atoms with van der Waals surface area (Å²) in [5.74, 6) is 1.20. The number of hydrogen-bond donors (Lipinski definition) is 0. The fourth-order valence-electron chi connectivity index (χ4n) is 3.17. The molecule has 1 aliphatic rings. The summed E-state index contributed by atoms with van der Waals surface area (Å²) < 4.78 is 34.6. The number of hydrogen-bond acceptors (Lipinski definition) is 5. The van der Waals surface area contributed by atoms with Crippen molar-refractivity contribution in [1.82, 2.24) is 4.90 Å². The zero-order chi connectivity index (χ0) is 19.8. The number of methoxy groups -OCH3 is 1. The minimum absolute atomic E-state index is 0.0583. The molecule has 1 amide bonds. The lowest BCUT2D eigenvalue weighted by molar-refractivity contribution is 0.0665. The van der Waals surface area contributed by atoms with Crippen LogP contribution in [0.4, 0.5) is 0 Å². The Morgan fingerprint density at radius 2 is 1.96 bits per heavy atom. The van der Waals surface area contributed by atoms with E-state index in [1.165, 1.54) is 24.1 Å². The quantitative estimate of drug-likeness (QED) is 0.720. The number of sulfone groups is 1. The molecule has 1 aromatic carbocycles. The molecule has 1 fully saturated rings. The van der Waals surface area contributed by atoms with Gasteiger partial charge in [-0.25, -0.2) is 8.42 Å². The maximum absolute atomic E-state index is 13.2. The topological polar surface area (TPSA) is 76.8 Å². The Balaban J connectivity index is 1.95. The lowest BCUT2D eigenvalue weighted by Gasteiger charge is -2.28. The number of amides is 1. The standard InChI is InChI=1S/C18H19Cl2NO5S/c1-11-3-4-14(26-11)9-21(13-5-6-27(23,24)10-13)18(22)12-7-15(19)17(25-2)16(20)8-12/h3-4,7-8,13H,5-6,9-10H2,1-2H3/t13-/m0/s1. The summed E-state index contributed by atoms with van der Waals surface area (Å²) in [5.41, 5.74) is 0.262. The van der Waals surface area contributed by atoms with Gasteiger partial charge in [0.05, 0.1) is 35.2 Å². The molecule has 0 bridgehead atoms. The highest BCUT2D eigenvalue weighted by Crippen LogP contribution is 2.35. The predicted octanol–water partition coefficient (Wildman–Crippen LogP) is 3.73. The molecule has 3 rings (SSSR count). The van der Waals surface area contributed by atoms with Crippen LogP contribution in [0.25, 0.3) is 0 Å². The summed E-state index contributed by atoms with van der Waals surface area (Å²) >= 11 is 12.3. The largest absolute Gasteiger partial charge is 0.494 e. The van der Waals surface area contributed by atoms with Crippen molar-refractivity contribution >= 4 is 38.9 Å². The number of carbonyl (C=O) groups is 1. The van der Waals surface area contributed by atoms with Gasteiger partial charge in [-0.3, -0.25) is 4.79 Å². The molecular weight excluding hydrogens is 413 g/mol. The summed E-state index contributed by atoms with van der Waals surface area (Å²) in [6, 6.07) is 6.07. The normalized spacial score (nSPS) is 18.4. The first-order chi connectivity index (χ1) is 12.7. The molecule has 1 aliphatic heterocycles. The summed E-state index contributed by atoms with van der Waals surface area (Å²) in [4.78, 5) is 14.7. The zero-order valence-corrected chi connectivity index (χ0v) is 17.2. The molecule has 2 heterocycles. The molecule has 0 unspecified atom stereocenters.